The molecule has 1 heteroatoms. The summed E-state index contributed by atoms with van der Waals surface area (Å²) in [6.07, 6.45) is 8.82. The molecule has 2 unspecified atom stereocenters. The van der Waals surface area contributed by atoms with Gasteiger partial charge in [0.1, 0.15) is 0 Å². The molecule has 2 rings (SSSR count). The van der Waals surface area contributed by atoms with E-state index in [9.17, 15) is 0 Å². The van der Waals surface area contributed by atoms with E-state index in [0.29, 0.717) is 5.92 Å². The van der Waals surface area contributed by atoms with Crippen LogP contribution in [0.4, 0.5) is 0 Å². The molecule has 0 aliphatic heterocycles. The van der Waals surface area contributed by atoms with Crippen LogP contribution in [0.3, 0.4) is 0 Å². The van der Waals surface area contributed by atoms with Crippen molar-refractivity contribution in [2.45, 2.75) is 70.3 Å². The summed E-state index contributed by atoms with van der Waals surface area (Å²) in [5.41, 5.74) is 8.37. The lowest BCUT2D eigenvalue weighted by molar-refractivity contribution is 0.197. The summed E-state index contributed by atoms with van der Waals surface area (Å²) < 4.78 is 0. The molecule has 0 saturated heterocycles. The van der Waals surface area contributed by atoms with Crippen molar-refractivity contribution >= 4 is 0 Å². The summed E-state index contributed by atoms with van der Waals surface area (Å²) in [5.74, 6) is 1.34. The fourth-order valence-corrected chi connectivity index (χ4v) is 3.81. The normalized spacial score (nSPS) is 27.7. The van der Waals surface area contributed by atoms with Crippen molar-refractivity contribution in [3.8, 4) is 0 Å². The Morgan fingerprint density at radius 2 is 1.84 bits per heavy atom. The van der Waals surface area contributed by atoms with Crippen LogP contribution in [0.25, 0.3) is 0 Å². The first-order valence-corrected chi connectivity index (χ1v) is 8.03. The average molecular weight is 259 g/mol. The van der Waals surface area contributed by atoms with Crippen LogP contribution in [0.1, 0.15) is 70.3 Å². The van der Waals surface area contributed by atoms with Crippen LogP contribution in [0, 0.1) is 5.92 Å². The molecule has 1 nitrogen and oxygen atoms in total. The highest BCUT2D eigenvalue weighted by atomic mass is 14.8. The molecule has 0 amide bonds. The van der Waals surface area contributed by atoms with Gasteiger partial charge in [-0.05, 0) is 30.7 Å². The Balaban J connectivity index is 2.19. The number of hydrogen-bond donors (Lipinski definition) is 1. The summed E-state index contributed by atoms with van der Waals surface area (Å²) in [4.78, 5) is 0. The zero-order valence-electron chi connectivity index (χ0n) is 12.6. The van der Waals surface area contributed by atoms with Gasteiger partial charge in [-0.3, -0.25) is 0 Å². The molecule has 0 heterocycles. The van der Waals surface area contributed by atoms with Crippen molar-refractivity contribution in [3.63, 3.8) is 0 Å². The lowest BCUT2D eigenvalue weighted by Gasteiger charge is -2.43. The molecule has 0 bridgehead atoms. The minimum absolute atomic E-state index is 0.0241. The first-order valence-electron chi connectivity index (χ1n) is 8.03. The smallest absolute Gasteiger partial charge is 0.0226 e. The van der Waals surface area contributed by atoms with E-state index >= 15 is 0 Å². The molecule has 1 saturated carbocycles. The fourth-order valence-electron chi connectivity index (χ4n) is 3.81. The molecule has 1 aromatic carbocycles. The van der Waals surface area contributed by atoms with Gasteiger partial charge in [0.2, 0.25) is 0 Å². The van der Waals surface area contributed by atoms with Crippen molar-refractivity contribution in [3.05, 3.63) is 35.9 Å². The SMILES string of the molecule is CCC(CC)CC1(N)CCCCC1c1ccccc1. The molecule has 0 aromatic heterocycles. The van der Waals surface area contributed by atoms with Crippen LogP contribution < -0.4 is 5.73 Å². The number of hydrogen-bond acceptors (Lipinski definition) is 1. The molecule has 106 valence electrons. The second kappa shape index (κ2) is 6.56. The zero-order chi connectivity index (χ0) is 13.7. The first kappa shape index (κ1) is 14.6. The number of benzene rings is 1. The second-order valence-corrected chi connectivity index (χ2v) is 6.33. The topological polar surface area (TPSA) is 26.0 Å². The highest BCUT2D eigenvalue weighted by molar-refractivity contribution is 5.24. The van der Waals surface area contributed by atoms with Gasteiger partial charge in [0.15, 0.2) is 0 Å². The van der Waals surface area contributed by atoms with Crippen molar-refractivity contribution in [1.29, 1.82) is 0 Å². The predicted molar refractivity (Wildman–Crippen MR) is 83.3 cm³/mol. The van der Waals surface area contributed by atoms with Gasteiger partial charge in [0.05, 0.1) is 0 Å². The van der Waals surface area contributed by atoms with E-state index in [-0.39, 0.29) is 5.54 Å². The third kappa shape index (κ3) is 3.39. The van der Waals surface area contributed by atoms with E-state index in [1.165, 1.54) is 50.5 Å². The molecular formula is C18H29N. The second-order valence-electron chi connectivity index (χ2n) is 6.33. The summed E-state index contributed by atoms with van der Waals surface area (Å²) in [6.45, 7) is 4.61. The van der Waals surface area contributed by atoms with Crippen LogP contribution in [-0.4, -0.2) is 5.54 Å². The molecule has 0 radical (unpaired) electrons. The predicted octanol–water partition coefficient (Wildman–Crippen LogP) is 4.87. The summed E-state index contributed by atoms with van der Waals surface area (Å²) >= 11 is 0. The van der Waals surface area contributed by atoms with Crippen molar-refractivity contribution in [2.24, 2.45) is 11.7 Å². The largest absolute Gasteiger partial charge is 0.325 e. The Labute approximate surface area is 118 Å². The van der Waals surface area contributed by atoms with Crippen LogP contribution in [0.5, 0.6) is 0 Å². The summed E-state index contributed by atoms with van der Waals surface area (Å²) in [7, 11) is 0. The zero-order valence-corrected chi connectivity index (χ0v) is 12.6. The van der Waals surface area contributed by atoms with Crippen molar-refractivity contribution in [2.75, 3.05) is 0 Å². The molecule has 19 heavy (non-hydrogen) atoms. The van der Waals surface area contributed by atoms with Crippen molar-refractivity contribution < 1.29 is 0 Å². The molecule has 1 aliphatic carbocycles. The maximum absolute atomic E-state index is 6.89. The van der Waals surface area contributed by atoms with Gasteiger partial charge in [-0.25, -0.2) is 0 Å². The third-order valence-corrected chi connectivity index (χ3v) is 5.10. The Hall–Kier alpha value is -0.820. The lowest BCUT2D eigenvalue weighted by Crippen LogP contribution is -2.49. The quantitative estimate of drug-likeness (QED) is 0.802. The third-order valence-electron chi connectivity index (χ3n) is 5.10. The summed E-state index contributed by atoms with van der Waals surface area (Å²) in [6, 6.07) is 10.9. The van der Waals surface area contributed by atoms with E-state index in [2.05, 4.69) is 44.2 Å². The van der Waals surface area contributed by atoms with Crippen LogP contribution >= 0.6 is 0 Å². The fraction of sp³-hybridized carbons (Fsp3) is 0.667. The van der Waals surface area contributed by atoms with Gasteiger partial charge in [-0.2, -0.15) is 0 Å². The standard InChI is InChI=1S/C18H29N/c1-3-15(4-2)14-18(19)13-9-8-12-17(18)16-10-6-5-7-11-16/h5-7,10-11,15,17H,3-4,8-9,12-14,19H2,1-2H3. The monoisotopic (exact) mass is 259 g/mol. The van der Waals surface area contributed by atoms with Gasteiger partial charge in [-0.15, -0.1) is 0 Å². The lowest BCUT2D eigenvalue weighted by atomic mass is 9.66. The Morgan fingerprint density at radius 3 is 2.47 bits per heavy atom. The van der Waals surface area contributed by atoms with E-state index < -0.39 is 0 Å². The van der Waals surface area contributed by atoms with Gasteiger partial charge >= 0.3 is 0 Å². The first-order chi connectivity index (χ1) is 9.19. The highest BCUT2D eigenvalue weighted by Crippen LogP contribution is 2.43. The Bertz CT molecular complexity index is 369. The maximum atomic E-state index is 6.89. The van der Waals surface area contributed by atoms with Gasteiger partial charge in [0, 0.05) is 11.5 Å². The van der Waals surface area contributed by atoms with Gasteiger partial charge in [-0.1, -0.05) is 69.9 Å². The van der Waals surface area contributed by atoms with Crippen LogP contribution in [-0.2, 0) is 0 Å². The summed E-state index contributed by atoms with van der Waals surface area (Å²) in [5, 5.41) is 0. The molecule has 2 N–H and O–H groups in total. The minimum Gasteiger partial charge on any atom is -0.325 e. The Morgan fingerprint density at radius 1 is 1.16 bits per heavy atom. The minimum atomic E-state index is 0.0241. The van der Waals surface area contributed by atoms with E-state index in [1.54, 1.807) is 0 Å². The number of rotatable bonds is 5. The van der Waals surface area contributed by atoms with E-state index in [4.69, 9.17) is 5.73 Å². The molecule has 1 fully saturated rings. The molecule has 1 aromatic rings. The highest BCUT2D eigenvalue weighted by Gasteiger charge is 2.38. The molecule has 1 aliphatic rings. The van der Waals surface area contributed by atoms with E-state index in [1.807, 2.05) is 0 Å². The van der Waals surface area contributed by atoms with Crippen LogP contribution in [0.2, 0.25) is 0 Å². The average Bonchev–Trinajstić information content (AvgIpc) is 2.46. The molecule has 2 atom stereocenters. The van der Waals surface area contributed by atoms with E-state index in [0.717, 1.165) is 5.92 Å². The van der Waals surface area contributed by atoms with Crippen LogP contribution in [0.15, 0.2) is 30.3 Å². The number of nitrogens with two attached hydrogens (primary N) is 1. The van der Waals surface area contributed by atoms with Gasteiger partial charge < -0.3 is 5.73 Å². The van der Waals surface area contributed by atoms with Gasteiger partial charge in [0.25, 0.3) is 0 Å². The molecule has 0 spiro atoms. The molecular weight excluding hydrogens is 230 g/mol. The maximum Gasteiger partial charge on any atom is 0.0226 e. The Kier molecular flexibility index (Phi) is 5.04. The van der Waals surface area contributed by atoms with Crippen molar-refractivity contribution in [1.82, 2.24) is 0 Å².